The molecule has 2 aromatic heterocycles. The number of aromatic hydroxyl groups is 1. The number of anilines is 1. The summed E-state index contributed by atoms with van der Waals surface area (Å²) in [7, 11) is 0. The molecule has 45 heavy (non-hydrogen) atoms. The molecule has 4 atom stereocenters. The Morgan fingerprint density at radius 1 is 1.13 bits per heavy atom. The lowest BCUT2D eigenvalue weighted by Gasteiger charge is -2.31. The Labute approximate surface area is 260 Å². The third-order valence-electron chi connectivity index (χ3n) is 10.1. The van der Waals surface area contributed by atoms with Crippen LogP contribution in [0, 0.1) is 5.82 Å². The Morgan fingerprint density at radius 3 is 2.80 bits per heavy atom. The van der Waals surface area contributed by atoms with Crippen molar-refractivity contribution in [1.29, 1.82) is 0 Å². The average molecular weight is 620 g/mol. The molecule has 0 bridgehead atoms. The molecule has 3 fully saturated rings. The number of hydrogen-bond donors (Lipinski definition) is 3. The van der Waals surface area contributed by atoms with E-state index in [1.807, 2.05) is 30.0 Å². The second-order valence-electron chi connectivity index (χ2n) is 13.1. The second kappa shape index (κ2) is 11.3. The molecule has 0 spiro atoms. The summed E-state index contributed by atoms with van der Waals surface area (Å²) < 4.78 is 37.5. The molecule has 9 nitrogen and oxygen atoms in total. The van der Waals surface area contributed by atoms with Gasteiger partial charge < -0.3 is 25.0 Å². The van der Waals surface area contributed by atoms with E-state index in [0.29, 0.717) is 49.2 Å². The standard InChI is InChI=1S/C34H39F2N5O4/c1-3-20-6-4-7-21-14-23(42)15-24(27(20)21)29-28(36)30-25(17-37-29)31(40-12-8-26(43)33(2,44)10-13-40)39-32(38-30)45-19-34-9-5-11-41(34)18-22(35)16-34/h4,6-7,14-15,17,22,26,42-44H,3,5,8-13,16,18-19H2,1-2H3/t22?,26?,33-,34-/m0/s1. The normalized spacial score (nSPS) is 27.3. The van der Waals surface area contributed by atoms with Gasteiger partial charge in [-0.3, -0.25) is 9.88 Å². The van der Waals surface area contributed by atoms with Crippen molar-refractivity contribution >= 4 is 27.5 Å². The number of rotatable bonds is 6. The van der Waals surface area contributed by atoms with Crippen LogP contribution in [0.1, 0.15) is 51.5 Å². The molecule has 0 radical (unpaired) electrons. The van der Waals surface area contributed by atoms with Gasteiger partial charge in [-0.2, -0.15) is 9.97 Å². The number of pyridine rings is 1. The first-order chi connectivity index (χ1) is 21.6. The highest BCUT2D eigenvalue weighted by atomic mass is 19.1. The number of ether oxygens (including phenoxy) is 1. The molecule has 4 aromatic rings. The van der Waals surface area contributed by atoms with E-state index in [0.717, 1.165) is 35.7 Å². The van der Waals surface area contributed by atoms with Crippen LogP contribution in [0.4, 0.5) is 14.6 Å². The molecule has 0 saturated carbocycles. The summed E-state index contributed by atoms with van der Waals surface area (Å²) in [4.78, 5) is 17.9. The SMILES string of the molecule is CCc1cccc2cc(O)cc(-c3ncc4c(N5CCC(O)[C@@](C)(O)CC5)nc(OC[C@@]56CCCN5CC(F)C6)nc4c3F)c12. The van der Waals surface area contributed by atoms with E-state index < -0.39 is 29.2 Å². The van der Waals surface area contributed by atoms with Crippen molar-refractivity contribution in [2.24, 2.45) is 0 Å². The van der Waals surface area contributed by atoms with Crippen LogP contribution in [-0.2, 0) is 6.42 Å². The summed E-state index contributed by atoms with van der Waals surface area (Å²) >= 11 is 0. The summed E-state index contributed by atoms with van der Waals surface area (Å²) in [6.45, 7) is 5.73. The molecular weight excluding hydrogens is 580 g/mol. The number of nitrogens with zero attached hydrogens (tertiary/aromatic N) is 5. The van der Waals surface area contributed by atoms with Crippen LogP contribution in [0.2, 0.25) is 0 Å². The zero-order valence-corrected chi connectivity index (χ0v) is 25.6. The Kier molecular flexibility index (Phi) is 7.53. The fourth-order valence-corrected chi connectivity index (χ4v) is 7.57. The van der Waals surface area contributed by atoms with E-state index in [2.05, 4.69) is 14.9 Å². The lowest BCUT2D eigenvalue weighted by atomic mass is 9.94. The minimum Gasteiger partial charge on any atom is -0.508 e. The lowest BCUT2D eigenvalue weighted by molar-refractivity contribution is -0.0621. The number of hydrogen-bond acceptors (Lipinski definition) is 9. The summed E-state index contributed by atoms with van der Waals surface area (Å²) in [5.41, 5.74) is -0.212. The third kappa shape index (κ3) is 5.24. The van der Waals surface area contributed by atoms with Crippen LogP contribution in [0.3, 0.4) is 0 Å². The van der Waals surface area contributed by atoms with E-state index in [9.17, 15) is 19.7 Å². The molecule has 7 rings (SSSR count). The maximum Gasteiger partial charge on any atom is 0.319 e. The van der Waals surface area contributed by atoms with E-state index in [1.165, 1.54) is 6.07 Å². The molecule has 3 N–H and O–H groups in total. The van der Waals surface area contributed by atoms with Crippen LogP contribution in [0.25, 0.3) is 32.9 Å². The summed E-state index contributed by atoms with van der Waals surface area (Å²) in [5, 5.41) is 33.9. The van der Waals surface area contributed by atoms with Crippen molar-refractivity contribution in [3.63, 3.8) is 0 Å². The molecule has 0 amide bonds. The number of aliphatic hydroxyl groups is 2. The Balaban J connectivity index is 1.36. The number of phenolic OH excluding ortho intramolecular Hbond substituents is 1. The van der Waals surface area contributed by atoms with Crippen molar-refractivity contribution < 1.29 is 28.8 Å². The molecular formula is C34H39F2N5O4. The smallest absolute Gasteiger partial charge is 0.319 e. The van der Waals surface area contributed by atoms with Crippen LogP contribution in [0.5, 0.6) is 11.8 Å². The monoisotopic (exact) mass is 619 g/mol. The predicted octanol–water partition coefficient (Wildman–Crippen LogP) is 4.92. The van der Waals surface area contributed by atoms with Crippen LogP contribution in [0.15, 0.2) is 36.5 Å². The zero-order chi connectivity index (χ0) is 31.5. The van der Waals surface area contributed by atoms with Gasteiger partial charge in [-0.25, -0.2) is 8.78 Å². The molecule has 2 unspecified atom stereocenters. The van der Waals surface area contributed by atoms with Gasteiger partial charge in [0.2, 0.25) is 0 Å². The Hall–Kier alpha value is -3.67. The predicted molar refractivity (Wildman–Crippen MR) is 168 cm³/mol. The largest absolute Gasteiger partial charge is 0.508 e. The van der Waals surface area contributed by atoms with Gasteiger partial charge in [0.1, 0.15) is 35.6 Å². The first kappa shape index (κ1) is 30.0. The number of fused-ring (bicyclic) bond motifs is 3. The van der Waals surface area contributed by atoms with Gasteiger partial charge in [0.05, 0.1) is 22.6 Å². The van der Waals surface area contributed by atoms with Gasteiger partial charge in [0.15, 0.2) is 5.82 Å². The molecule has 3 aliphatic heterocycles. The fraction of sp³-hybridized carbons (Fsp3) is 0.500. The Morgan fingerprint density at radius 2 is 1.98 bits per heavy atom. The topological polar surface area (TPSA) is 115 Å². The van der Waals surface area contributed by atoms with Gasteiger partial charge in [0.25, 0.3) is 0 Å². The molecule has 3 saturated heterocycles. The third-order valence-corrected chi connectivity index (χ3v) is 10.1. The first-order valence-electron chi connectivity index (χ1n) is 15.9. The fourth-order valence-electron chi connectivity index (χ4n) is 7.57. The molecule has 238 valence electrons. The van der Waals surface area contributed by atoms with Crippen LogP contribution < -0.4 is 9.64 Å². The highest BCUT2D eigenvalue weighted by Crippen LogP contribution is 2.42. The van der Waals surface area contributed by atoms with Crippen molar-refractivity contribution in [1.82, 2.24) is 19.9 Å². The number of aryl methyl sites for hydroxylation is 1. The molecule has 3 aliphatic rings. The minimum absolute atomic E-state index is 0.00210. The quantitative estimate of drug-likeness (QED) is 0.277. The van der Waals surface area contributed by atoms with E-state index >= 15 is 4.39 Å². The average Bonchev–Trinajstić information content (AvgIpc) is 3.50. The zero-order valence-electron chi connectivity index (χ0n) is 25.6. The maximum atomic E-state index is 16.8. The molecule has 0 aliphatic carbocycles. The van der Waals surface area contributed by atoms with Crippen molar-refractivity contribution in [2.45, 2.75) is 75.8 Å². The van der Waals surface area contributed by atoms with E-state index in [1.54, 1.807) is 19.2 Å². The number of aliphatic hydroxyl groups excluding tert-OH is 1. The minimum atomic E-state index is -1.28. The van der Waals surface area contributed by atoms with Crippen molar-refractivity contribution in [3.05, 3.63) is 47.9 Å². The van der Waals surface area contributed by atoms with Gasteiger partial charge >= 0.3 is 6.01 Å². The van der Waals surface area contributed by atoms with E-state index in [-0.39, 0.29) is 42.4 Å². The van der Waals surface area contributed by atoms with E-state index in [4.69, 9.17) is 9.72 Å². The number of halogens is 2. The first-order valence-corrected chi connectivity index (χ1v) is 15.9. The Bertz CT molecular complexity index is 1770. The van der Waals surface area contributed by atoms with Crippen molar-refractivity contribution in [2.75, 3.05) is 37.7 Å². The summed E-state index contributed by atoms with van der Waals surface area (Å²) in [6.07, 6.45) is 3.09. The maximum absolute atomic E-state index is 16.8. The second-order valence-corrected chi connectivity index (χ2v) is 13.1. The highest BCUT2D eigenvalue weighted by Gasteiger charge is 2.49. The number of benzene rings is 2. The number of aromatic nitrogens is 3. The number of alkyl halides is 1. The van der Waals surface area contributed by atoms with Gasteiger partial charge in [-0.1, -0.05) is 25.1 Å². The highest BCUT2D eigenvalue weighted by molar-refractivity contribution is 6.01. The summed E-state index contributed by atoms with van der Waals surface area (Å²) in [5.74, 6) is -0.285. The molecule has 11 heteroatoms. The van der Waals surface area contributed by atoms with Gasteiger partial charge in [0, 0.05) is 37.8 Å². The van der Waals surface area contributed by atoms with Gasteiger partial charge in [-0.05, 0) is 74.0 Å². The van der Waals surface area contributed by atoms with Gasteiger partial charge in [-0.15, -0.1) is 0 Å². The van der Waals surface area contributed by atoms with Crippen LogP contribution >= 0.6 is 0 Å². The molecule has 2 aromatic carbocycles. The van der Waals surface area contributed by atoms with Crippen molar-refractivity contribution in [3.8, 4) is 23.0 Å². The van der Waals surface area contributed by atoms with Crippen LogP contribution in [-0.4, -0.2) is 91.4 Å². The summed E-state index contributed by atoms with van der Waals surface area (Å²) in [6, 6.07) is 8.92. The number of phenols is 1. The lowest BCUT2D eigenvalue weighted by Crippen LogP contribution is -2.43. The molecule has 5 heterocycles.